The minimum atomic E-state index is -0.293. The van der Waals surface area contributed by atoms with Crippen LogP contribution in [0.1, 0.15) is 32.6 Å². The van der Waals surface area contributed by atoms with Crippen molar-refractivity contribution in [3.63, 3.8) is 0 Å². The normalized spacial score (nSPS) is 43.0. The van der Waals surface area contributed by atoms with E-state index in [0.717, 1.165) is 38.9 Å². The zero-order valence-corrected chi connectivity index (χ0v) is 7.75. The molecular weight excluding hydrogens is 152 g/mol. The standard InChI is InChI=1S/C10H18O2/c1-2-8-7-10(8,11)9-3-5-12-6-4-9/h8-9,11H,2-7H2,1H3. The molecule has 70 valence electrons. The molecule has 1 saturated heterocycles. The van der Waals surface area contributed by atoms with Crippen LogP contribution in [-0.4, -0.2) is 23.9 Å². The first-order chi connectivity index (χ1) is 5.77. The van der Waals surface area contributed by atoms with Gasteiger partial charge in [0.15, 0.2) is 0 Å². The highest BCUT2D eigenvalue weighted by Gasteiger charge is 2.56. The second kappa shape index (κ2) is 3.00. The third-order valence-corrected chi connectivity index (χ3v) is 3.54. The molecule has 12 heavy (non-hydrogen) atoms. The molecule has 2 unspecified atom stereocenters. The summed E-state index contributed by atoms with van der Waals surface area (Å²) in [6.07, 6.45) is 4.29. The van der Waals surface area contributed by atoms with Gasteiger partial charge in [-0.1, -0.05) is 13.3 Å². The van der Waals surface area contributed by atoms with Crippen LogP contribution in [0.4, 0.5) is 0 Å². The summed E-state index contributed by atoms with van der Waals surface area (Å²) in [7, 11) is 0. The predicted octanol–water partition coefficient (Wildman–Crippen LogP) is 1.57. The molecule has 0 bridgehead atoms. The number of hydrogen-bond acceptors (Lipinski definition) is 2. The summed E-state index contributed by atoms with van der Waals surface area (Å²) < 4.78 is 5.28. The number of rotatable bonds is 2. The Morgan fingerprint density at radius 1 is 1.42 bits per heavy atom. The van der Waals surface area contributed by atoms with Gasteiger partial charge in [-0.15, -0.1) is 0 Å². The quantitative estimate of drug-likeness (QED) is 0.681. The van der Waals surface area contributed by atoms with E-state index < -0.39 is 0 Å². The third-order valence-electron chi connectivity index (χ3n) is 3.54. The second-order valence-electron chi connectivity index (χ2n) is 4.19. The minimum Gasteiger partial charge on any atom is -0.389 e. The van der Waals surface area contributed by atoms with Crippen LogP contribution in [0.25, 0.3) is 0 Å². The van der Waals surface area contributed by atoms with Crippen LogP contribution in [0.15, 0.2) is 0 Å². The number of aliphatic hydroxyl groups is 1. The average Bonchev–Trinajstić information content (AvgIpc) is 2.81. The maximum atomic E-state index is 10.2. The van der Waals surface area contributed by atoms with Crippen molar-refractivity contribution in [2.75, 3.05) is 13.2 Å². The van der Waals surface area contributed by atoms with E-state index in [0.29, 0.717) is 11.8 Å². The summed E-state index contributed by atoms with van der Waals surface area (Å²) >= 11 is 0. The van der Waals surface area contributed by atoms with Crippen molar-refractivity contribution in [1.29, 1.82) is 0 Å². The van der Waals surface area contributed by atoms with Gasteiger partial charge in [0.05, 0.1) is 5.60 Å². The largest absolute Gasteiger partial charge is 0.389 e. The van der Waals surface area contributed by atoms with Crippen LogP contribution in [-0.2, 0) is 4.74 Å². The summed E-state index contributed by atoms with van der Waals surface area (Å²) in [4.78, 5) is 0. The Balaban J connectivity index is 1.91. The van der Waals surface area contributed by atoms with E-state index in [1.54, 1.807) is 0 Å². The SMILES string of the molecule is CCC1CC1(O)C1CCOCC1. The molecule has 0 aromatic heterocycles. The van der Waals surface area contributed by atoms with Crippen molar-refractivity contribution in [1.82, 2.24) is 0 Å². The highest BCUT2D eigenvalue weighted by atomic mass is 16.5. The van der Waals surface area contributed by atoms with Crippen LogP contribution in [0.3, 0.4) is 0 Å². The molecule has 1 N–H and O–H groups in total. The van der Waals surface area contributed by atoms with Gasteiger partial charge in [-0.25, -0.2) is 0 Å². The molecule has 2 nitrogen and oxygen atoms in total. The second-order valence-corrected chi connectivity index (χ2v) is 4.19. The molecule has 0 radical (unpaired) electrons. The number of hydrogen-bond donors (Lipinski definition) is 1. The van der Waals surface area contributed by atoms with E-state index in [1.165, 1.54) is 0 Å². The van der Waals surface area contributed by atoms with Crippen LogP contribution in [0, 0.1) is 11.8 Å². The van der Waals surface area contributed by atoms with Gasteiger partial charge in [0, 0.05) is 13.2 Å². The smallest absolute Gasteiger partial charge is 0.0710 e. The summed E-state index contributed by atoms with van der Waals surface area (Å²) in [5.74, 6) is 1.11. The fourth-order valence-corrected chi connectivity index (χ4v) is 2.53. The van der Waals surface area contributed by atoms with Gasteiger partial charge in [-0.2, -0.15) is 0 Å². The zero-order valence-electron chi connectivity index (χ0n) is 7.75. The van der Waals surface area contributed by atoms with Gasteiger partial charge < -0.3 is 9.84 Å². The van der Waals surface area contributed by atoms with Gasteiger partial charge in [-0.05, 0) is 31.1 Å². The molecule has 0 spiro atoms. The van der Waals surface area contributed by atoms with Crippen molar-refractivity contribution < 1.29 is 9.84 Å². The lowest BCUT2D eigenvalue weighted by Gasteiger charge is -2.27. The van der Waals surface area contributed by atoms with Gasteiger partial charge in [0.1, 0.15) is 0 Å². The maximum absolute atomic E-state index is 10.2. The molecule has 1 heterocycles. The molecule has 2 atom stereocenters. The van der Waals surface area contributed by atoms with Crippen molar-refractivity contribution in [2.45, 2.75) is 38.2 Å². The van der Waals surface area contributed by atoms with Crippen molar-refractivity contribution in [3.8, 4) is 0 Å². The highest BCUT2D eigenvalue weighted by Crippen LogP contribution is 2.53. The summed E-state index contributed by atoms with van der Waals surface area (Å²) in [6, 6.07) is 0. The van der Waals surface area contributed by atoms with E-state index in [4.69, 9.17) is 4.74 Å². The Morgan fingerprint density at radius 3 is 2.58 bits per heavy atom. The van der Waals surface area contributed by atoms with E-state index in [9.17, 15) is 5.11 Å². The molecule has 2 heteroatoms. The fourth-order valence-electron chi connectivity index (χ4n) is 2.53. The molecule has 2 fully saturated rings. The first-order valence-corrected chi connectivity index (χ1v) is 5.07. The molecule has 2 rings (SSSR count). The Morgan fingerprint density at radius 2 is 2.08 bits per heavy atom. The van der Waals surface area contributed by atoms with Gasteiger partial charge >= 0.3 is 0 Å². The molecule has 1 aliphatic carbocycles. The van der Waals surface area contributed by atoms with E-state index in [-0.39, 0.29) is 5.60 Å². The monoisotopic (exact) mass is 170 g/mol. The average molecular weight is 170 g/mol. The van der Waals surface area contributed by atoms with Crippen molar-refractivity contribution in [2.24, 2.45) is 11.8 Å². The minimum absolute atomic E-state index is 0.293. The molecule has 0 amide bonds. The Hall–Kier alpha value is -0.0800. The zero-order chi connectivity index (χ0) is 8.60. The summed E-state index contributed by atoms with van der Waals surface area (Å²) in [5.41, 5.74) is -0.293. The van der Waals surface area contributed by atoms with Crippen molar-refractivity contribution in [3.05, 3.63) is 0 Å². The molecule has 1 saturated carbocycles. The van der Waals surface area contributed by atoms with Gasteiger partial charge in [0.25, 0.3) is 0 Å². The van der Waals surface area contributed by atoms with Gasteiger partial charge in [-0.3, -0.25) is 0 Å². The number of ether oxygens (including phenoxy) is 1. The van der Waals surface area contributed by atoms with Crippen LogP contribution in [0.5, 0.6) is 0 Å². The molecule has 2 aliphatic rings. The van der Waals surface area contributed by atoms with Crippen molar-refractivity contribution >= 4 is 0 Å². The lowest BCUT2D eigenvalue weighted by Crippen LogP contribution is -2.30. The third kappa shape index (κ3) is 1.27. The molecule has 0 aromatic rings. The maximum Gasteiger partial charge on any atom is 0.0710 e. The van der Waals surface area contributed by atoms with E-state index in [1.807, 2.05) is 0 Å². The van der Waals surface area contributed by atoms with Crippen LogP contribution < -0.4 is 0 Å². The van der Waals surface area contributed by atoms with Crippen LogP contribution >= 0.6 is 0 Å². The highest BCUT2D eigenvalue weighted by molar-refractivity contribution is 5.07. The Kier molecular flexibility index (Phi) is 2.13. The summed E-state index contributed by atoms with van der Waals surface area (Å²) in [6.45, 7) is 3.87. The topological polar surface area (TPSA) is 29.5 Å². The molecule has 0 aromatic carbocycles. The predicted molar refractivity (Wildman–Crippen MR) is 46.9 cm³/mol. The van der Waals surface area contributed by atoms with E-state index >= 15 is 0 Å². The first kappa shape index (κ1) is 8.52. The Labute approximate surface area is 73.9 Å². The Bertz CT molecular complexity index is 163. The van der Waals surface area contributed by atoms with Gasteiger partial charge in [0.2, 0.25) is 0 Å². The molecular formula is C10H18O2. The fraction of sp³-hybridized carbons (Fsp3) is 1.00. The lowest BCUT2D eigenvalue weighted by molar-refractivity contribution is -0.0136. The summed E-state index contributed by atoms with van der Waals surface area (Å²) in [5, 5.41) is 10.2. The lowest BCUT2D eigenvalue weighted by atomic mass is 9.90. The van der Waals surface area contributed by atoms with E-state index in [2.05, 4.69) is 6.92 Å². The van der Waals surface area contributed by atoms with Crippen LogP contribution in [0.2, 0.25) is 0 Å². The first-order valence-electron chi connectivity index (χ1n) is 5.07. The molecule has 1 aliphatic heterocycles.